The first kappa shape index (κ1) is 16.6. The normalized spacial score (nSPS) is 10.6. The summed E-state index contributed by atoms with van der Waals surface area (Å²) in [6, 6.07) is 13.3. The van der Waals surface area contributed by atoms with Crippen molar-refractivity contribution in [2.24, 2.45) is 0 Å². The van der Waals surface area contributed by atoms with Crippen LogP contribution >= 0.6 is 0 Å². The summed E-state index contributed by atoms with van der Waals surface area (Å²) < 4.78 is 6.12. The Morgan fingerprint density at radius 1 is 1.16 bits per heavy atom. The van der Waals surface area contributed by atoms with Gasteiger partial charge in [-0.15, -0.1) is 0 Å². The zero-order valence-corrected chi connectivity index (χ0v) is 14.0. The minimum Gasteiger partial charge on any atom is -0.469 e. The van der Waals surface area contributed by atoms with Crippen molar-refractivity contribution in [2.45, 2.75) is 19.8 Å². The number of anilines is 1. The third kappa shape index (κ3) is 3.82. The molecule has 3 rings (SSSR count). The summed E-state index contributed by atoms with van der Waals surface area (Å²) in [5.74, 6) is 0.411. The van der Waals surface area contributed by atoms with Crippen LogP contribution < -0.4 is 5.32 Å². The molecule has 0 aliphatic heterocycles. The third-order valence-electron chi connectivity index (χ3n) is 3.68. The Labute approximate surface area is 144 Å². The minimum atomic E-state index is -0.420. The van der Waals surface area contributed by atoms with E-state index in [1.165, 1.54) is 7.11 Å². The zero-order valence-electron chi connectivity index (χ0n) is 14.0. The number of nitrogens with one attached hydrogen (secondary N) is 1. The second kappa shape index (κ2) is 7.12. The van der Waals surface area contributed by atoms with Gasteiger partial charge in [-0.25, -0.2) is 4.98 Å². The van der Waals surface area contributed by atoms with Crippen molar-refractivity contribution in [3.8, 4) is 5.82 Å². The number of para-hydroxylation sites is 1. The quantitative estimate of drug-likeness (QED) is 0.723. The lowest BCUT2D eigenvalue weighted by Gasteiger charge is -2.09. The number of hydrogen-bond donors (Lipinski definition) is 1. The van der Waals surface area contributed by atoms with E-state index in [0.717, 1.165) is 16.6 Å². The van der Waals surface area contributed by atoms with Crippen molar-refractivity contribution in [1.29, 1.82) is 0 Å². The molecule has 7 heteroatoms. The number of carbonyl (C=O) groups excluding carboxylic acids is 2. The van der Waals surface area contributed by atoms with Gasteiger partial charge in [0.2, 0.25) is 5.91 Å². The molecule has 2 aromatic heterocycles. The summed E-state index contributed by atoms with van der Waals surface area (Å²) in [5.41, 5.74) is 1.59. The maximum absolute atomic E-state index is 12.1. The fourth-order valence-electron chi connectivity index (χ4n) is 2.46. The first-order valence-corrected chi connectivity index (χ1v) is 7.86. The van der Waals surface area contributed by atoms with Crippen LogP contribution in [0, 0.1) is 6.92 Å². The van der Waals surface area contributed by atoms with Crippen LogP contribution in [0.4, 0.5) is 5.82 Å². The highest BCUT2D eigenvalue weighted by Gasteiger charge is 2.13. The molecule has 2 heterocycles. The molecule has 0 unspecified atom stereocenters. The van der Waals surface area contributed by atoms with Gasteiger partial charge in [-0.3, -0.25) is 9.59 Å². The molecule has 1 N–H and O–H groups in total. The maximum Gasteiger partial charge on any atom is 0.306 e. The van der Waals surface area contributed by atoms with E-state index in [9.17, 15) is 9.59 Å². The second-order valence-corrected chi connectivity index (χ2v) is 5.57. The summed E-state index contributed by atoms with van der Waals surface area (Å²) in [5, 5.41) is 8.20. The molecular weight excluding hydrogens is 320 g/mol. The molecule has 0 radical (unpaired) electrons. The molecule has 0 atom stereocenters. The summed E-state index contributed by atoms with van der Waals surface area (Å²) >= 11 is 0. The van der Waals surface area contributed by atoms with E-state index < -0.39 is 5.97 Å². The van der Waals surface area contributed by atoms with E-state index in [0.29, 0.717) is 11.6 Å². The minimum absolute atomic E-state index is 0.0314. The number of methoxy groups -OCH3 is 1. The molecule has 1 aromatic carbocycles. The van der Waals surface area contributed by atoms with Crippen molar-refractivity contribution < 1.29 is 14.3 Å². The number of aromatic nitrogens is 3. The monoisotopic (exact) mass is 338 g/mol. The summed E-state index contributed by atoms with van der Waals surface area (Å²) in [6.07, 6.45) is 0.0751. The van der Waals surface area contributed by atoms with Gasteiger partial charge in [0.15, 0.2) is 5.82 Å². The van der Waals surface area contributed by atoms with Gasteiger partial charge < -0.3 is 10.1 Å². The number of hydrogen-bond acceptors (Lipinski definition) is 5. The number of carbonyl (C=O) groups is 2. The Balaban J connectivity index is 1.84. The van der Waals surface area contributed by atoms with Crippen LogP contribution in [0.3, 0.4) is 0 Å². The number of amides is 1. The van der Waals surface area contributed by atoms with Gasteiger partial charge >= 0.3 is 5.97 Å². The Morgan fingerprint density at radius 2 is 1.96 bits per heavy atom. The highest BCUT2D eigenvalue weighted by molar-refractivity contribution is 5.92. The SMILES string of the molecule is COC(=O)CCC(=O)Nc1cc(C)nn1-c1ccc2ccccc2n1. The van der Waals surface area contributed by atoms with E-state index in [-0.39, 0.29) is 18.7 Å². The van der Waals surface area contributed by atoms with Gasteiger partial charge in [0.25, 0.3) is 0 Å². The molecule has 3 aromatic rings. The van der Waals surface area contributed by atoms with Gasteiger partial charge in [-0.1, -0.05) is 18.2 Å². The number of rotatable bonds is 5. The van der Waals surface area contributed by atoms with Gasteiger partial charge in [0.05, 0.1) is 24.7 Å². The highest BCUT2D eigenvalue weighted by Crippen LogP contribution is 2.19. The standard InChI is InChI=1S/C18H18N4O3/c1-12-11-16(20-17(23)9-10-18(24)25-2)22(21-12)15-8-7-13-5-3-4-6-14(13)19-15/h3-8,11H,9-10H2,1-2H3,(H,20,23). The molecule has 0 spiro atoms. The van der Waals surface area contributed by atoms with Gasteiger partial charge in [-0.05, 0) is 25.1 Å². The predicted octanol–water partition coefficient (Wildman–Crippen LogP) is 2.62. The fraction of sp³-hybridized carbons (Fsp3) is 0.222. The predicted molar refractivity (Wildman–Crippen MR) is 93.5 cm³/mol. The lowest BCUT2D eigenvalue weighted by Crippen LogP contribution is -2.16. The molecule has 1 amide bonds. The molecule has 0 saturated heterocycles. The lowest BCUT2D eigenvalue weighted by atomic mass is 10.2. The number of ether oxygens (including phenoxy) is 1. The lowest BCUT2D eigenvalue weighted by molar-refractivity contribution is -0.141. The van der Waals surface area contributed by atoms with Crippen LogP contribution in [0.15, 0.2) is 42.5 Å². The van der Waals surface area contributed by atoms with Crippen LogP contribution in [0.25, 0.3) is 16.7 Å². The van der Waals surface area contributed by atoms with E-state index in [2.05, 4.69) is 20.1 Å². The average Bonchev–Trinajstić information content (AvgIpc) is 2.99. The smallest absolute Gasteiger partial charge is 0.306 e. The van der Waals surface area contributed by atoms with Gasteiger partial charge in [0, 0.05) is 17.9 Å². The Bertz CT molecular complexity index is 933. The number of aryl methyl sites for hydroxylation is 1. The highest BCUT2D eigenvalue weighted by atomic mass is 16.5. The van der Waals surface area contributed by atoms with Crippen LogP contribution in [0.2, 0.25) is 0 Å². The summed E-state index contributed by atoms with van der Waals surface area (Å²) in [7, 11) is 1.30. The van der Waals surface area contributed by atoms with Crippen molar-refractivity contribution in [3.05, 3.63) is 48.2 Å². The Kier molecular flexibility index (Phi) is 4.74. The van der Waals surface area contributed by atoms with Gasteiger partial charge in [0.1, 0.15) is 5.82 Å². The van der Waals surface area contributed by atoms with Gasteiger partial charge in [-0.2, -0.15) is 9.78 Å². The van der Waals surface area contributed by atoms with Crippen LogP contribution in [-0.2, 0) is 14.3 Å². The molecule has 128 valence electrons. The Morgan fingerprint density at radius 3 is 2.76 bits per heavy atom. The molecule has 0 saturated carbocycles. The molecule has 0 bridgehead atoms. The first-order valence-electron chi connectivity index (χ1n) is 7.86. The fourth-order valence-corrected chi connectivity index (χ4v) is 2.46. The van der Waals surface area contributed by atoms with Crippen LogP contribution in [-0.4, -0.2) is 33.8 Å². The molecule has 25 heavy (non-hydrogen) atoms. The third-order valence-corrected chi connectivity index (χ3v) is 3.68. The number of pyridine rings is 1. The molecule has 7 nitrogen and oxygen atoms in total. The van der Waals surface area contributed by atoms with Crippen molar-refractivity contribution in [2.75, 3.05) is 12.4 Å². The largest absolute Gasteiger partial charge is 0.469 e. The molecule has 0 aliphatic rings. The van der Waals surface area contributed by atoms with Crippen LogP contribution in [0.1, 0.15) is 18.5 Å². The van der Waals surface area contributed by atoms with Crippen molar-refractivity contribution >= 4 is 28.6 Å². The van der Waals surface area contributed by atoms with Crippen molar-refractivity contribution in [1.82, 2.24) is 14.8 Å². The van der Waals surface area contributed by atoms with E-state index in [1.54, 1.807) is 10.7 Å². The van der Waals surface area contributed by atoms with E-state index >= 15 is 0 Å². The molecular formula is C18H18N4O3. The number of esters is 1. The topological polar surface area (TPSA) is 86.1 Å². The average molecular weight is 338 g/mol. The second-order valence-electron chi connectivity index (χ2n) is 5.57. The molecule has 0 aliphatic carbocycles. The zero-order chi connectivity index (χ0) is 17.8. The van der Waals surface area contributed by atoms with Crippen LogP contribution in [0.5, 0.6) is 0 Å². The maximum atomic E-state index is 12.1. The van der Waals surface area contributed by atoms with E-state index in [4.69, 9.17) is 0 Å². The number of benzene rings is 1. The number of nitrogens with zero attached hydrogens (tertiary/aromatic N) is 3. The van der Waals surface area contributed by atoms with E-state index in [1.807, 2.05) is 43.3 Å². The summed E-state index contributed by atoms with van der Waals surface area (Å²) in [6.45, 7) is 1.83. The Hall–Kier alpha value is -3.22. The summed E-state index contributed by atoms with van der Waals surface area (Å²) in [4.78, 5) is 27.8. The molecule has 0 fully saturated rings. The first-order chi connectivity index (χ1) is 12.1. The van der Waals surface area contributed by atoms with Crippen molar-refractivity contribution in [3.63, 3.8) is 0 Å². The number of fused-ring (bicyclic) bond motifs is 1.